The minimum Gasteiger partial charge on any atom is -0.436 e. The van der Waals surface area contributed by atoms with Gasteiger partial charge in [0.1, 0.15) is 17.3 Å². The number of allylic oxidation sites excluding steroid dienone is 1. The van der Waals surface area contributed by atoms with Crippen LogP contribution in [0.2, 0.25) is 0 Å². The van der Waals surface area contributed by atoms with Crippen molar-refractivity contribution in [2.75, 3.05) is 33.5 Å². The highest BCUT2D eigenvalue weighted by molar-refractivity contribution is 5.95. The van der Waals surface area contributed by atoms with Crippen LogP contribution < -0.4 is 10.9 Å². The lowest BCUT2D eigenvalue weighted by Gasteiger charge is -2.19. The average Bonchev–Trinajstić information content (AvgIpc) is 3.23. The van der Waals surface area contributed by atoms with Gasteiger partial charge in [-0.1, -0.05) is 6.08 Å². The highest BCUT2D eigenvalue weighted by Crippen LogP contribution is 2.18. The van der Waals surface area contributed by atoms with E-state index in [-0.39, 0.29) is 31.0 Å². The zero-order valence-electron chi connectivity index (χ0n) is 22.5. The fourth-order valence-corrected chi connectivity index (χ4v) is 3.69. The number of carbonyl (C=O) groups is 3. The Balaban J connectivity index is 1.80. The van der Waals surface area contributed by atoms with E-state index >= 15 is 0 Å². The molecule has 0 aliphatic carbocycles. The second-order valence-corrected chi connectivity index (χ2v) is 9.11. The van der Waals surface area contributed by atoms with Crippen LogP contribution in [0.1, 0.15) is 25.6 Å². The number of imidazole rings is 1. The van der Waals surface area contributed by atoms with Gasteiger partial charge >= 0.3 is 6.09 Å². The number of amides is 3. The number of rotatable bonds is 10. The van der Waals surface area contributed by atoms with Crippen molar-refractivity contribution in [1.82, 2.24) is 28.9 Å². The Morgan fingerprint density at radius 3 is 2.59 bits per heavy atom. The van der Waals surface area contributed by atoms with Gasteiger partial charge in [0.25, 0.3) is 11.5 Å². The van der Waals surface area contributed by atoms with Gasteiger partial charge in [-0.3, -0.25) is 19.0 Å². The summed E-state index contributed by atoms with van der Waals surface area (Å²) in [6.45, 7) is 2.49. The first kappa shape index (κ1) is 29.0. The van der Waals surface area contributed by atoms with Crippen LogP contribution in [-0.2, 0) is 27.4 Å². The van der Waals surface area contributed by atoms with Gasteiger partial charge in [0.15, 0.2) is 6.10 Å². The van der Waals surface area contributed by atoms with Crippen molar-refractivity contribution < 1.29 is 23.5 Å². The molecule has 1 aromatic carbocycles. The van der Waals surface area contributed by atoms with Crippen molar-refractivity contribution in [3.8, 4) is 0 Å². The number of nitrogens with zero attached hydrogens (tertiary/aromatic N) is 6. The van der Waals surface area contributed by atoms with Crippen LogP contribution in [0.25, 0.3) is 11.0 Å². The molecule has 0 bridgehead atoms. The lowest BCUT2D eigenvalue weighted by molar-refractivity contribution is -0.125. The van der Waals surface area contributed by atoms with E-state index in [1.54, 1.807) is 26.2 Å². The lowest BCUT2D eigenvalue weighted by Crippen LogP contribution is -2.37. The molecule has 0 spiro atoms. The van der Waals surface area contributed by atoms with Crippen molar-refractivity contribution in [2.45, 2.75) is 39.0 Å². The number of halogens is 1. The molecule has 0 aliphatic heterocycles. The number of likely N-dealkylation sites (N-methyl/N-ethyl adjacent to an activating group) is 1. The Kier molecular flexibility index (Phi) is 9.52. The first-order valence-corrected chi connectivity index (χ1v) is 12.3. The van der Waals surface area contributed by atoms with E-state index in [0.29, 0.717) is 17.9 Å². The molecule has 0 aliphatic rings. The maximum Gasteiger partial charge on any atom is 0.410 e. The van der Waals surface area contributed by atoms with Gasteiger partial charge in [-0.2, -0.15) is 0 Å². The van der Waals surface area contributed by atoms with Crippen molar-refractivity contribution in [1.29, 1.82) is 0 Å². The quantitative estimate of drug-likeness (QED) is 0.390. The third-order valence-electron chi connectivity index (χ3n) is 5.77. The van der Waals surface area contributed by atoms with Gasteiger partial charge in [0.2, 0.25) is 5.91 Å². The summed E-state index contributed by atoms with van der Waals surface area (Å²) in [7, 11) is 6.18. The third kappa shape index (κ3) is 7.27. The third-order valence-corrected chi connectivity index (χ3v) is 5.77. The van der Waals surface area contributed by atoms with Crippen LogP contribution in [-0.4, -0.2) is 81.1 Å². The molecule has 13 heteroatoms. The Morgan fingerprint density at radius 2 is 1.92 bits per heavy atom. The van der Waals surface area contributed by atoms with Gasteiger partial charge in [0, 0.05) is 40.8 Å². The number of benzene rings is 1. The molecular formula is C26H32FN7O5. The second-order valence-electron chi connectivity index (χ2n) is 9.11. The number of aromatic nitrogens is 4. The Hall–Kier alpha value is -4.55. The summed E-state index contributed by atoms with van der Waals surface area (Å²) in [6, 6.07) is 4.30. The standard InChI is InChI=1S/C26H32FN7O5/c1-6-34-20-12-11-17(27)13-18(20)29-22(34)15-33-16-28-14-19(25(33)37)30-24(36)21(39-26(38)32(4)5)9-7-8-10-23(35)31(2)3/h8,10-14,16,21H,6-7,9,15H2,1-5H3,(H,30,36)/b10-8+. The summed E-state index contributed by atoms with van der Waals surface area (Å²) in [5.74, 6) is -0.839. The number of fused-ring (bicyclic) bond motifs is 1. The summed E-state index contributed by atoms with van der Waals surface area (Å²) in [6.07, 6.45) is 3.84. The molecule has 0 fully saturated rings. The molecule has 0 saturated heterocycles. The predicted molar refractivity (Wildman–Crippen MR) is 143 cm³/mol. The molecule has 39 heavy (non-hydrogen) atoms. The molecule has 3 amide bonds. The number of hydrogen-bond acceptors (Lipinski definition) is 7. The summed E-state index contributed by atoms with van der Waals surface area (Å²) in [4.78, 5) is 61.2. The summed E-state index contributed by atoms with van der Waals surface area (Å²) >= 11 is 0. The lowest BCUT2D eigenvalue weighted by atomic mass is 10.1. The molecular weight excluding hydrogens is 509 g/mol. The SMILES string of the molecule is CCn1c(Cn2cncc(NC(=O)C(CC/C=C/C(=O)N(C)C)OC(=O)N(C)C)c2=O)nc2cc(F)ccc21. The summed E-state index contributed by atoms with van der Waals surface area (Å²) in [5, 5.41) is 2.50. The van der Waals surface area contributed by atoms with Crippen LogP contribution in [0.15, 0.2) is 47.7 Å². The normalized spacial score (nSPS) is 11.9. The Bertz CT molecular complexity index is 1440. The predicted octanol–water partition coefficient (Wildman–Crippen LogP) is 2.23. The van der Waals surface area contributed by atoms with E-state index in [1.807, 2.05) is 11.5 Å². The van der Waals surface area contributed by atoms with Gasteiger partial charge in [-0.15, -0.1) is 0 Å². The molecule has 1 N–H and O–H groups in total. The summed E-state index contributed by atoms with van der Waals surface area (Å²) in [5.41, 5.74) is 0.528. The molecule has 1 unspecified atom stereocenters. The van der Waals surface area contributed by atoms with Gasteiger partial charge in [-0.25, -0.2) is 19.2 Å². The molecule has 1 atom stereocenters. The number of hydrogen-bond donors (Lipinski definition) is 1. The van der Waals surface area contributed by atoms with E-state index in [9.17, 15) is 23.6 Å². The number of anilines is 1. The van der Waals surface area contributed by atoms with Crippen molar-refractivity contribution in [3.05, 3.63) is 64.9 Å². The summed E-state index contributed by atoms with van der Waals surface area (Å²) < 4.78 is 22.1. The first-order chi connectivity index (χ1) is 18.5. The number of carbonyl (C=O) groups excluding carboxylic acids is 3. The molecule has 12 nitrogen and oxygen atoms in total. The fraction of sp³-hybridized carbons (Fsp3) is 0.385. The zero-order valence-corrected chi connectivity index (χ0v) is 22.5. The van der Waals surface area contributed by atoms with Gasteiger partial charge in [-0.05, 0) is 38.0 Å². The molecule has 3 rings (SSSR count). The molecule has 2 aromatic heterocycles. The molecule has 2 heterocycles. The maximum atomic E-state index is 13.7. The minimum absolute atomic E-state index is 0.0312. The van der Waals surface area contributed by atoms with Crippen LogP contribution in [0.3, 0.4) is 0 Å². The topological polar surface area (TPSA) is 132 Å². The molecule has 208 valence electrons. The van der Waals surface area contributed by atoms with Crippen LogP contribution >= 0.6 is 0 Å². The van der Waals surface area contributed by atoms with Gasteiger partial charge < -0.3 is 24.4 Å². The second kappa shape index (κ2) is 12.8. The first-order valence-electron chi connectivity index (χ1n) is 12.3. The van der Waals surface area contributed by atoms with Crippen molar-refractivity contribution in [3.63, 3.8) is 0 Å². The van der Waals surface area contributed by atoms with Crippen LogP contribution in [0, 0.1) is 5.82 Å². The van der Waals surface area contributed by atoms with Crippen LogP contribution in [0.5, 0.6) is 0 Å². The highest BCUT2D eigenvalue weighted by atomic mass is 19.1. The number of nitrogens with one attached hydrogen (secondary N) is 1. The zero-order chi connectivity index (χ0) is 28.7. The van der Waals surface area contributed by atoms with E-state index < -0.39 is 29.5 Å². The Morgan fingerprint density at radius 1 is 1.18 bits per heavy atom. The van der Waals surface area contributed by atoms with Crippen LogP contribution in [0.4, 0.5) is 14.9 Å². The van der Waals surface area contributed by atoms with Gasteiger partial charge in [0.05, 0.1) is 30.1 Å². The highest BCUT2D eigenvalue weighted by Gasteiger charge is 2.25. The molecule has 0 radical (unpaired) electrons. The average molecular weight is 542 g/mol. The largest absolute Gasteiger partial charge is 0.436 e. The smallest absolute Gasteiger partial charge is 0.410 e. The molecule has 0 saturated carbocycles. The number of ether oxygens (including phenoxy) is 1. The van der Waals surface area contributed by atoms with Crippen molar-refractivity contribution in [2.24, 2.45) is 0 Å². The molecule has 3 aromatic rings. The van der Waals surface area contributed by atoms with Crippen molar-refractivity contribution >= 4 is 34.6 Å². The minimum atomic E-state index is -1.23. The monoisotopic (exact) mass is 541 g/mol. The van der Waals surface area contributed by atoms with E-state index in [1.165, 1.54) is 59.2 Å². The van der Waals surface area contributed by atoms with E-state index in [0.717, 1.165) is 5.52 Å². The van der Waals surface area contributed by atoms with E-state index in [2.05, 4.69) is 15.3 Å². The maximum absolute atomic E-state index is 13.7. The van der Waals surface area contributed by atoms with E-state index in [4.69, 9.17) is 4.74 Å². The number of aryl methyl sites for hydroxylation is 1. The Labute approximate surface area is 224 Å². The fourth-order valence-electron chi connectivity index (χ4n) is 3.69.